The van der Waals surface area contributed by atoms with Crippen molar-refractivity contribution < 1.29 is 9.66 Å². The second kappa shape index (κ2) is 7.00. The number of hydrogen-bond donors (Lipinski definition) is 2. The number of nitrogens with one attached hydrogen (secondary N) is 1. The number of benzene rings is 1. The maximum atomic E-state index is 11.0. The first-order chi connectivity index (χ1) is 10.1. The molecule has 3 N–H and O–H groups in total. The summed E-state index contributed by atoms with van der Waals surface area (Å²) >= 11 is 3.25. The molecule has 8 heteroatoms. The topological polar surface area (TPSA) is 103 Å². The van der Waals surface area contributed by atoms with E-state index in [1.807, 2.05) is 0 Å². The third-order valence-electron chi connectivity index (χ3n) is 2.59. The fourth-order valence-electron chi connectivity index (χ4n) is 1.64. The number of nitrogens with zero attached hydrogens (tertiary/aromatic N) is 2. The number of aromatic nitrogens is 1. The van der Waals surface area contributed by atoms with Gasteiger partial charge in [0.1, 0.15) is 24.2 Å². The molecule has 2 rings (SSSR count). The van der Waals surface area contributed by atoms with Crippen molar-refractivity contribution in [2.24, 2.45) is 5.73 Å². The molecule has 0 unspecified atom stereocenters. The number of nitrogens with two attached hydrogens (primary N) is 1. The number of pyridine rings is 1. The maximum Gasteiger partial charge on any atom is 0.311 e. The predicted octanol–water partition coefficient (Wildman–Crippen LogP) is 2.83. The van der Waals surface area contributed by atoms with Crippen LogP contribution in [0.5, 0.6) is 5.75 Å². The minimum absolute atomic E-state index is 0.104. The van der Waals surface area contributed by atoms with Gasteiger partial charge in [0.05, 0.1) is 9.40 Å². The van der Waals surface area contributed by atoms with Gasteiger partial charge in [-0.3, -0.25) is 15.1 Å². The summed E-state index contributed by atoms with van der Waals surface area (Å²) in [6.45, 7) is 0.879. The monoisotopic (exact) mass is 352 g/mol. The molecular weight excluding hydrogens is 340 g/mol. The van der Waals surface area contributed by atoms with Gasteiger partial charge in [0.15, 0.2) is 0 Å². The van der Waals surface area contributed by atoms with Crippen LogP contribution in [0.4, 0.5) is 17.1 Å². The van der Waals surface area contributed by atoms with Gasteiger partial charge < -0.3 is 15.8 Å². The van der Waals surface area contributed by atoms with Gasteiger partial charge in [-0.25, -0.2) is 0 Å². The number of halogens is 1. The van der Waals surface area contributed by atoms with Gasteiger partial charge in [0, 0.05) is 18.4 Å². The summed E-state index contributed by atoms with van der Waals surface area (Å²) in [7, 11) is 0. The van der Waals surface area contributed by atoms with Crippen molar-refractivity contribution in [1.82, 2.24) is 4.98 Å². The van der Waals surface area contributed by atoms with Crippen LogP contribution >= 0.6 is 15.9 Å². The third-order valence-corrected chi connectivity index (χ3v) is 3.19. The maximum absolute atomic E-state index is 11.0. The lowest BCUT2D eigenvalue weighted by atomic mass is 10.2. The van der Waals surface area contributed by atoms with Crippen molar-refractivity contribution >= 4 is 33.0 Å². The molecule has 7 nitrogen and oxygen atoms in total. The molecule has 0 aliphatic carbocycles. The summed E-state index contributed by atoms with van der Waals surface area (Å²) < 4.78 is 5.88. The fraction of sp³-hybridized carbons (Fsp3) is 0.154. The van der Waals surface area contributed by atoms with Crippen molar-refractivity contribution in [3.8, 4) is 5.75 Å². The number of nitro groups is 1. The summed E-state index contributed by atoms with van der Waals surface area (Å²) in [4.78, 5) is 14.3. The Morgan fingerprint density at radius 3 is 2.67 bits per heavy atom. The Balaban J connectivity index is 2.20. The summed E-state index contributed by atoms with van der Waals surface area (Å²) in [6, 6.07) is 7.06. The van der Waals surface area contributed by atoms with Crippen molar-refractivity contribution in [1.29, 1.82) is 0 Å². The molecular formula is C13H13BrN4O3. The first kappa shape index (κ1) is 15.2. The molecule has 0 spiro atoms. The van der Waals surface area contributed by atoms with Crippen LogP contribution < -0.4 is 15.8 Å². The predicted molar refractivity (Wildman–Crippen MR) is 82.9 cm³/mol. The van der Waals surface area contributed by atoms with Crippen LogP contribution in [0.3, 0.4) is 0 Å². The van der Waals surface area contributed by atoms with Crippen LogP contribution in [0.2, 0.25) is 0 Å². The van der Waals surface area contributed by atoms with Crippen LogP contribution in [-0.2, 0) is 0 Å². The van der Waals surface area contributed by atoms with E-state index in [1.54, 1.807) is 24.3 Å². The van der Waals surface area contributed by atoms with E-state index in [2.05, 4.69) is 26.2 Å². The van der Waals surface area contributed by atoms with Gasteiger partial charge in [-0.1, -0.05) is 0 Å². The highest BCUT2D eigenvalue weighted by atomic mass is 79.9. The molecule has 110 valence electrons. The van der Waals surface area contributed by atoms with Gasteiger partial charge in [-0.05, 0) is 40.2 Å². The zero-order valence-corrected chi connectivity index (χ0v) is 12.5. The second-order valence-corrected chi connectivity index (χ2v) is 4.91. The lowest BCUT2D eigenvalue weighted by molar-refractivity contribution is -0.384. The highest BCUT2D eigenvalue weighted by Gasteiger charge is 2.17. The summed E-state index contributed by atoms with van der Waals surface area (Å²) in [5, 5.41) is 14.0. The first-order valence-corrected chi connectivity index (χ1v) is 6.89. The van der Waals surface area contributed by atoms with Gasteiger partial charge in [0.25, 0.3) is 0 Å². The van der Waals surface area contributed by atoms with Crippen LogP contribution in [0.25, 0.3) is 0 Å². The molecule has 0 fully saturated rings. The molecule has 0 radical (unpaired) electrons. The van der Waals surface area contributed by atoms with Crippen LogP contribution in [0.15, 0.2) is 41.1 Å². The van der Waals surface area contributed by atoms with Gasteiger partial charge in [-0.2, -0.15) is 0 Å². The van der Waals surface area contributed by atoms with E-state index in [9.17, 15) is 10.1 Å². The van der Waals surface area contributed by atoms with Crippen molar-refractivity contribution in [3.63, 3.8) is 0 Å². The van der Waals surface area contributed by atoms with E-state index < -0.39 is 4.92 Å². The van der Waals surface area contributed by atoms with Crippen LogP contribution in [0, 0.1) is 10.1 Å². The minimum Gasteiger partial charge on any atom is -0.492 e. The summed E-state index contributed by atoms with van der Waals surface area (Å²) in [6.07, 6.45) is 2.69. The van der Waals surface area contributed by atoms with Gasteiger partial charge in [-0.15, -0.1) is 0 Å². The highest BCUT2D eigenvalue weighted by Crippen LogP contribution is 2.33. The molecule has 0 saturated heterocycles. The Morgan fingerprint density at radius 1 is 1.33 bits per heavy atom. The normalized spacial score (nSPS) is 10.2. The zero-order valence-electron chi connectivity index (χ0n) is 11.0. The quantitative estimate of drug-likeness (QED) is 0.611. The summed E-state index contributed by atoms with van der Waals surface area (Å²) in [5.74, 6) is 0.689. The second-order valence-electron chi connectivity index (χ2n) is 4.06. The Hall–Kier alpha value is -2.19. The van der Waals surface area contributed by atoms with Crippen molar-refractivity contribution in [2.45, 2.75) is 0 Å². The smallest absolute Gasteiger partial charge is 0.311 e. The van der Waals surface area contributed by atoms with E-state index in [0.29, 0.717) is 34.7 Å². The average Bonchev–Trinajstić information content (AvgIpc) is 2.48. The molecule has 2 aromatic rings. The van der Waals surface area contributed by atoms with Gasteiger partial charge >= 0.3 is 5.69 Å². The standard InChI is InChI=1S/C13H13BrN4O3/c14-11-7-16-8-12(18(19)20)13(11)17-9-1-3-10(4-2-9)21-6-5-15/h1-4,7-8H,5-6,15H2,(H,16,17). The SMILES string of the molecule is NCCOc1ccc(Nc2c(Br)cncc2[N+](=O)[O-])cc1. The fourth-order valence-corrected chi connectivity index (χ4v) is 2.06. The molecule has 0 aliphatic heterocycles. The number of hydrogen-bond acceptors (Lipinski definition) is 6. The van der Waals surface area contributed by atoms with Crippen LogP contribution in [-0.4, -0.2) is 23.1 Å². The number of rotatable bonds is 6. The largest absolute Gasteiger partial charge is 0.492 e. The third kappa shape index (κ3) is 3.89. The van der Waals surface area contributed by atoms with Crippen molar-refractivity contribution in [2.75, 3.05) is 18.5 Å². The Labute approximate surface area is 129 Å². The lowest BCUT2D eigenvalue weighted by Crippen LogP contribution is -2.10. The molecule has 0 atom stereocenters. The van der Waals surface area contributed by atoms with Gasteiger partial charge in [0.2, 0.25) is 0 Å². The molecule has 0 bridgehead atoms. The Kier molecular flexibility index (Phi) is 5.07. The van der Waals surface area contributed by atoms with E-state index in [1.165, 1.54) is 12.4 Å². The van der Waals surface area contributed by atoms with E-state index in [-0.39, 0.29) is 5.69 Å². The molecule has 21 heavy (non-hydrogen) atoms. The van der Waals surface area contributed by atoms with E-state index in [4.69, 9.17) is 10.5 Å². The van der Waals surface area contributed by atoms with E-state index in [0.717, 1.165) is 0 Å². The molecule has 0 aliphatic rings. The zero-order chi connectivity index (χ0) is 15.2. The molecule has 1 aromatic carbocycles. The van der Waals surface area contributed by atoms with Crippen molar-refractivity contribution in [3.05, 3.63) is 51.2 Å². The Morgan fingerprint density at radius 2 is 2.05 bits per heavy atom. The van der Waals surface area contributed by atoms with Crippen LogP contribution in [0.1, 0.15) is 0 Å². The lowest BCUT2D eigenvalue weighted by Gasteiger charge is -2.10. The number of ether oxygens (including phenoxy) is 1. The highest BCUT2D eigenvalue weighted by molar-refractivity contribution is 9.10. The molecule has 0 amide bonds. The van der Waals surface area contributed by atoms with E-state index >= 15 is 0 Å². The Bertz CT molecular complexity index is 634. The molecule has 1 aromatic heterocycles. The molecule has 0 saturated carbocycles. The minimum atomic E-state index is -0.487. The first-order valence-electron chi connectivity index (χ1n) is 6.09. The average molecular weight is 353 g/mol. The number of anilines is 2. The molecule has 1 heterocycles. The summed E-state index contributed by atoms with van der Waals surface area (Å²) in [5.41, 5.74) is 6.31.